The van der Waals surface area contributed by atoms with Crippen LogP contribution in [0.4, 0.5) is 0 Å². The Morgan fingerprint density at radius 3 is 2.41 bits per heavy atom. The molecule has 94 valence electrons. The van der Waals surface area contributed by atoms with Gasteiger partial charge in [0.15, 0.2) is 0 Å². The Morgan fingerprint density at radius 1 is 1.06 bits per heavy atom. The lowest BCUT2D eigenvalue weighted by atomic mass is 10.1. The highest BCUT2D eigenvalue weighted by molar-refractivity contribution is 9.08. The molecule has 1 fully saturated rings. The van der Waals surface area contributed by atoms with Crippen LogP contribution >= 0.6 is 15.9 Å². The van der Waals surface area contributed by atoms with Crippen LogP contribution in [-0.2, 0) is 5.33 Å². The van der Waals surface area contributed by atoms with Gasteiger partial charge in [-0.2, -0.15) is 0 Å². The highest BCUT2D eigenvalue weighted by atomic mass is 79.9. The number of halogens is 1. The number of hydrogen-bond donors (Lipinski definition) is 0. The smallest absolute Gasteiger partial charge is 0.119 e. The van der Waals surface area contributed by atoms with E-state index in [9.17, 15) is 0 Å². The largest absolute Gasteiger partial charge is 0.492 e. The first-order chi connectivity index (χ1) is 8.38. The summed E-state index contributed by atoms with van der Waals surface area (Å²) >= 11 is 3.44. The number of piperidine rings is 1. The van der Waals surface area contributed by atoms with Crippen LogP contribution in [0.2, 0.25) is 0 Å². The van der Waals surface area contributed by atoms with Gasteiger partial charge in [0.1, 0.15) is 12.4 Å². The summed E-state index contributed by atoms with van der Waals surface area (Å²) in [5.41, 5.74) is 1.29. The summed E-state index contributed by atoms with van der Waals surface area (Å²) in [5, 5.41) is 0.904. The number of likely N-dealkylation sites (tertiary alicyclic amines) is 1. The minimum Gasteiger partial charge on any atom is -0.492 e. The lowest BCUT2D eigenvalue weighted by Crippen LogP contribution is -2.33. The third kappa shape index (κ3) is 4.32. The summed E-state index contributed by atoms with van der Waals surface area (Å²) in [6, 6.07) is 8.30. The summed E-state index contributed by atoms with van der Waals surface area (Å²) < 4.78 is 5.75. The van der Waals surface area contributed by atoms with Crippen molar-refractivity contribution < 1.29 is 4.74 Å². The van der Waals surface area contributed by atoms with Crippen LogP contribution in [0.15, 0.2) is 24.3 Å². The van der Waals surface area contributed by atoms with Crippen molar-refractivity contribution in [1.29, 1.82) is 0 Å². The first kappa shape index (κ1) is 12.9. The number of alkyl halides is 1. The molecule has 1 aliphatic rings. The number of rotatable bonds is 5. The number of nitrogens with zero attached hydrogens (tertiary/aromatic N) is 1. The lowest BCUT2D eigenvalue weighted by molar-refractivity contribution is 0.183. The van der Waals surface area contributed by atoms with E-state index in [1.54, 1.807) is 0 Å². The average molecular weight is 298 g/mol. The fourth-order valence-electron chi connectivity index (χ4n) is 2.15. The molecule has 0 spiro atoms. The van der Waals surface area contributed by atoms with E-state index in [0.717, 1.165) is 24.2 Å². The third-order valence-electron chi connectivity index (χ3n) is 3.20. The number of benzene rings is 1. The standard InChI is InChI=1S/C14H20BrNO/c15-12-13-4-6-14(7-5-13)17-11-10-16-8-2-1-3-9-16/h4-7H,1-3,8-12H2. The summed E-state index contributed by atoms with van der Waals surface area (Å²) in [6.07, 6.45) is 4.09. The van der Waals surface area contributed by atoms with Crippen molar-refractivity contribution in [2.45, 2.75) is 24.6 Å². The van der Waals surface area contributed by atoms with Gasteiger partial charge in [-0.3, -0.25) is 4.90 Å². The van der Waals surface area contributed by atoms with E-state index in [-0.39, 0.29) is 0 Å². The molecular weight excluding hydrogens is 278 g/mol. The van der Waals surface area contributed by atoms with Gasteiger partial charge in [0, 0.05) is 11.9 Å². The molecule has 1 saturated heterocycles. The number of ether oxygens (including phenoxy) is 1. The van der Waals surface area contributed by atoms with Crippen LogP contribution < -0.4 is 4.74 Å². The Bertz CT molecular complexity index is 319. The van der Waals surface area contributed by atoms with Crippen molar-refractivity contribution in [2.75, 3.05) is 26.2 Å². The van der Waals surface area contributed by atoms with Gasteiger partial charge in [0.25, 0.3) is 0 Å². The molecular formula is C14H20BrNO. The zero-order valence-corrected chi connectivity index (χ0v) is 11.8. The fraction of sp³-hybridized carbons (Fsp3) is 0.571. The maximum absolute atomic E-state index is 5.75. The number of hydrogen-bond acceptors (Lipinski definition) is 2. The van der Waals surface area contributed by atoms with Crippen LogP contribution in [0.1, 0.15) is 24.8 Å². The van der Waals surface area contributed by atoms with Crippen LogP contribution in [0.25, 0.3) is 0 Å². The third-order valence-corrected chi connectivity index (χ3v) is 3.85. The van der Waals surface area contributed by atoms with E-state index in [0.29, 0.717) is 0 Å². The topological polar surface area (TPSA) is 12.5 Å². The van der Waals surface area contributed by atoms with E-state index in [2.05, 4.69) is 33.0 Å². The molecule has 0 aliphatic carbocycles. The second-order valence-electron chi connectivity index (χ2n) is 4.53. The summed E-state index contributed by atoms with van der Waals surface area (Å²) in [6.45, 7) is 4.34. The maximum Gasteiger partial charge on any atom is 0.119 e. The Kier molecular flexibility index (Phi) is 5.33. The molecule has 2 nitrogen and oxygen atoms in total. The molecule has 0 atom stereocenters. The van der Waals surface area contributed by atoms with Gasteiger partial charge in [-0.05, 0) is 43.6 Å². The van der Waals surface area contributed by atoms with E-state index >= 15 is 0 Å². The molecule has 0 aromatic heterocycles. The van der Waals surface area contributed by atoms with E-state index in [4.69, 9.17) is 4.74 Å². The molecule has 0 unspecified atom stereocenters. The highest BCUT2D eigenvalue weighted by Gasteiger charge is 2.09. The van der Waals surface area contributed by atoms with Gasteiger partial charge in [-0.15, -0.1) is 0 Å². The molecule has 3 heteroatoms. The predicted octanol–water partition coefficient (Wildman–Crippen LogP) is 3.45. The van der Waals surface area contributed by atoms with E-state index in [1.165, 1.54) is 37.9 Å². The molecule has 1 heterocycles. The summed E-state index contributed by atoms with van der Waals surface area (Å²) in [5.74, 6) is 0.978. The van der Waals surface area contributed by atoms with E-state index < -0.39 is 0 Å². The van der Waals surface area contributed by atoms with Gasteiger partial charge >= 0.3 is 0 Å². The highest BCUT2D eigenvalue weighted by Crippen LogP contribution is 2.14. The Morgan fingerprint density at radius 2 is 1.76 bits per heavy atom. The Hall–Kier alpha value is -0.540. The monoisotopic (exact) mass is 297 g/mol. The second-order valence-corrected chi connectivity index (χ2v) is 5.09. The molecule has 2 rings (SSSR count). The summed E-state index contributed by atoms with van der Waals surface area (Å²) in [4.78, 5) is 2.50. The molecule has 0 radical (unpaired) electrons. The summed E-state index contributed by atoms with van der Waals surface area (Å²) in [7, 11) is 0. The molecule has 1 aromatic carbocycles. The van der Waals surface area contributed by atoms with E-state index in [1.807, 2.05) is 12.1 Å². The Labute approximate surface area is 112 Å². The lowest BCUT2D eigenvalue weighted by Gasteiger charge is -2.26. The molecule has 0 saturated carbocycles. The van der Waals surface area contributed by atoms with Gasteiger partial charge in [-0.1, -0.05) is 34.5 Å². The minimum atomic E-state index is 0.799. The van der Waals surface area contributed by atoms with Crippen molar-refractivity contribution in [3.8, 4) is 5.75 Å². The van der Waals surface area contributed by atoms with Crippen LogP contribution in [-0.4, -0.2) is 31.1 Å². The first-order valence-corrected chi connectivity index (χ1v) is 7.51. The maximum atomic E-state index is 5.75. The zero-order chi connectivity index (χ0) is 11.9. The van der Waals surface area contributed by atoms with Gasteiger partial charge < -0.3 is 4.74 Å². The van der Waals surface area contributed by atoms with Crippen LogP contribution in [0.3, 0.4) is 0 Å². The zero-order valence-electron chi connectivity index (χ0n) is 10.2. The van der Waals surface area contributed by atoms with Gasteiger partial charge in [0.05, 0.1) is 0 Å². The second kappa shape index (κ2) is 7.02. The molecule has 0 N–H and O–H groups in total. The fourth-order valence-corrected chi connectivity index (χ4v) is 2.52. The van der Waals surface area contributed by atoms with Crippen LogP contribution in [0.5, 0.6) is 5.75 Å². The van der Waals surface area contributed by atoms with Crippen molar-refractivity contribution in [3.63, 3.8) is 0 Å². The molecule has 1 aliphatic heterocycles. The van der Waals surface area contributed by atoms with Crippen molar-refractivity contribution >= 4 is 15.9 Å². The average Bonchev–Trinajstić information content (AvgIpc) is 2.41. The van der Waals surface area contributed by atoms with Crippen molar-refractivity contribution in [3.05, 3.63) is 29.8 Å². The van der Waals surface area contributed by atoms with Gasteiger partial charge in [0.2, 0.25) is 0 Å². The molecule has 0 bridgehead atoms. The molecule has 1 aromatic rings. The normalized spacial score (nSPS) is 17.0. The van der Waals surface area contributed by atoms with Crippen LogP contribution in [0, 0.1) is 0 Å². The SMILES string of the molecule is BrCc1ccc(OCCN2CCCCC2)cc1. The first-order valence-electron chi connectivity index (χ1n) is 6.38. The van der Waals surface area contributed by atoms with Crippen molar-refractivity contribution in [2.24, 2.45) is 0 Å². The van der Waals surface area contributed by atoms with Crippen molar-refractivity contribution in [1.82, 2.24) is 4.90 Å². The Balaban J connectivity index is 1.69. The molecule has 17 heavy (non-hydrogen) atoms. The minimum absolute atomic E-state index is 0.799. The molecule has 0 amide bonds. The van der Waals surface area contributed by atoms with Gasteiger partial charge in [-0.25, -0.2) is 0 Å². The predicted molar refractivity (Wildman–Crippen MR) is 74.9 cm³/mol. The quantitative estimate of drug-likeness (QED) is 0.772.